The molecule has 2 N–H and O–H groups in total. The zero-order valence-corrected chi connectivity index (χ0v) is 13.2. The number of aromatic hydroxyl groups is 1. The van der Waals surface area contributed by atoms with Gasteiger partial charge in [0.2, 0.25) is 5.76 Å². The van der Waals surface area contributed by atoms with Crippen LogP contribution in [0.2, 0.25) is 0 Å². The standard InChI is InChI=1S/C19H20O4/c1-13(2)11-14-7-9-15(10-8-14)12-18(19(21)22)23-17-6-4-3-5-16(17)20/h3-10,12-13,20H,11H2,1-2H3,(H,21,22). The first-order valence-corrected chi connectivity index (χ1v) is 7.45. The van der Waals surface area contributed by atoms with Crippen molar-refractivity contribution in [1.29, 1.82) is 0 Å². The third kappa shape index (κ3) is 4.88. The van der Waals surface area contributed by atoms with Crippen molar-refractivity contribution in [3.05, 3.63) is 65.4 Å². The van der Waals surface area contributed by atoms with Gasteiger partial charge >= 0.3 is 5.97 Å². The van der Waals surface area contributed by atoms with E-state index in [2.05, 4.69) is 13.8 Å². The molecule has 23 heavy (non-hydrogen) atoms. The van der Waals surface area contributed by atoms with E-state index in [0.29, 0.717) is 5.92 Å². The van der Waals surface area contributed by atoms with Crippen LogP contribution in [0.15, 0.2) is 54.3 Å². The van der Waals surface area contributed by atoms with Crippen LogP contribution in [0.4, 0.5) is 0 Å². The maximum absolute atomic E-state index is 11.4. The summed E-state index contributed by atoms with van der Waals surface area (Å²) in [6.07, 6.45) is 2.41. The molecule has 0 spiro atoms. The highest BCUT2D eigenvalue weighted by molar-refractivity contribution is 5.90. The molecule has 0 aliphatic rings. The molecule has 0 aromatic heterocycles. The van der Waals surface area contributed by atoms with Crippen LogP contribution in [-0.2, 0) is 11.2 Å². The Morgan fingerprint density at radius 1 is 1.13 bits per heavy atom. The van der Waals surface area contributed by atoms with Gasteiger partial charge in [-0.05, 0) is 41.7 Å². The number of hydrogen-bond acceptors (Lipinski definition) is 3. The summed E-state index contributed by atoms with van der Waals surface area (Å²) in [7, 11) is 0. The van der Waals surface area contributed by atoms with Crippen molar-refractivity contribution in [2.75, 3.05) is 0 Å². The molecule has 0 fully saturated rings. The second-order valence-electron chi connectivity index (χ2n) is 5.72. The highest BCUT2D eigenvalue weighted by Crippen LogP contribution is 2.27. The van der Waals surface area contributed by atoms with Gasteiger partial charge in [-0.25, -0.2) is 4.79 Å². The number of benzene rings is 2. The van der Waals surface area contributed by atoms with Crippen molar-refractivity contribution in [2.24, 2.45) is 5.92 Å². The zero-order chi connectivity index (χ0) is 16.8. The fourth-order valence-electron chi connectivity index (χ4n) is 2.17. The highest BCUT2D eigenvalue weighted by atomic mass is 16.5. The van der Waals surface area contributed by atoms with Gasteiger partial charge in [0.15, 0.2) is 11.5 Å². The average Bonchev–Trinajstić information content (AvgIpc) is 2.50. The largest absolute Gasteiger partial charge is 0.504 e. The molecule has 0 atom stereocenters. The Hall–Kier alpha value is -2.75. The van der Waals surface area contributed by atoms with Gasteiger partial charge in [-0.15, -0.1) is 0 Å². The summed E-state index contributed by atoms with van der Waals surface area (Å²) in [5.74, 6) is -0.873. The minimum Gasteiger partial charge on any atom is -0.504 e. The van der Waals surface area contributed by atoms with E-state index in [1.807, 2.05) is 24.3 Å². The summed E-state index contributed by atoms with van der Waals surface area (Å²) in [6, 6.07) is 13.9. The normalized spacial score (nSPS) is 11.5. The first-order chi connectivity index (χ1) is 11.0. The molecule has 2 aromatic rings. The topological polar surface area (TPSA) is 66.8 Å². The molecule has 0 bridgehead atoms. The third-order valence-corrected chi connectivity index (χ3v) is 3.22. The lowest BCUT2D eigenvalue weighted by atomic mass is 10.0. The van der Waals surface area contributed by atoms with Crippen LogP contribution in [0.5, 0.6) is 11.5 Å². The summed E-state index contributed by atoms with van der Waals surface area (Å²) < 4.78 is 5.32. The minimum absolute atomic E-state index is 0.105. The van der Waals surface area contributed by atoms with Gasteiger partial charge in [0.25, 0.3) is 0 Å². The van der Waals surface area contributed by atoms with E-state index in [1.54, 1.807) is 12.1 Å². The van der Waals surface area contributed by atoms with E-state index in [0.717, 1.165) is 12.0 Å². The number of carboxylic acid groups (broad SMARTS) is 1. The second kappa shape index (κ2) is 7.49. The van der Waals surface area contributed by atoms with Crippen LogP contribution >= 0.6 is 0 Å². The maximum atomic E-state index is 11.4. The molecule has 4 heteroatoms. The van der Waals surface area contributed by atoms with E-state index in [4.69, 9.17) is 4.74 Å². The lowest BCUT2D eigenvalue weighted by molar-refractivity contribution is -0.134. The number of phenolic OH excluding ortho intramolecular Hbond substituents is 1. The molecule has 0 saturated heterocycles. The summed E-state index contributed by atoms with van der Waals surface area (Å²) in [5, 5.41) is 19.0. The van der Waals surface area contributed by atoms with Crippen LogP contribution in [0, 0.1) is 5.92 Å². The van der Waals surface area contributed by atoms with Crippen molar-refractivity contribution in [3.8, 4) is 11.5 Å². The summed E-state index contributed by atoms with van der Waals surface area (Å²) in [5.41, 5.74) is 1.93. The number of carbonyl (C=O) groups is 1. The van der Waals surface area contributed by atoms with Crippen LogP contribution < -0.4 is 4.74 Å². The second-order valence-corrected chi connectivity index (χ2v) is 5.72. The molecule has 0 aliphatic heterocycles. The Morgan fingerprint density at radius 2 is 1.78 bits per heavy atom. The number of aliphatic carboxylic acids is 1. The van der Waals surface area contributed by atoms with Gasteiger partial charge in [-0.2, -0.15) is 0 Å². The minimum atomic E-state index is -1.19. The molecule has 0 amide bonds. The lowest BCUT2D eigenvalue weighted by Crippen LogP contribution is -2.07. The molecular formula is C19H20O4. The number of rotatable bonds is 6. The predicted molar refractivity (Wildman–Crippen MR) is 89.3 cm³/mol. The van der Waals surface area contributed by atoms with E-state index >= 15 is 0 Å². The number of ether oxygens (including phenoxy) is 1. The average molecular weight is 312 g/mol. The van der Waals surface area contributed by atoms with E-state index in [-0.39, 0.29) is 17.3 Å². The Morgan fingerprint density at radius 3 is 2.35 bits per heavy atom. The Labute approximate surface area is 135 Å². The molecule has 0 heterocycles. The van der Waals surface area contributed by atoms with Gasteiger partial charge in [-0.3, -0.25) is 0 Å². The number of carboxylic acids is 1. The fraction of sp³-hybridized carbons (Fsp3) is 0.211. The molecule has 0 unspecified atom stereocenters. The quantitative estimate of drug-likeness (QED) is 0.622. The zero-order valence-electron chi connectivity index (χ0n) is 13.2. The molecule has 0 radical (unpaired) electrons. The van der Waals surface area contributed by atoms with Crippen LogP contribution in [-0.4, -0.2) is 16.2 Å². The van der Waals surface area contributed by atoms with Crippen LogP contribution in [0.25, 0.3) is 6.08 Å². The summed E-state index contributed by atoms with van der Waals surface area (Å²) >= 11 is 0. The van der Waals surface area contributed by atoms with Crippen molar-refractivity contribution in [1.82, 2.24) is 0 Å². The maximum Gasteiger partial charge on any atom is 0.371 e. The SMILES string of the molecule is CC(C)Cc1ccc(C=C(Oc2ccccc2O)C(=O)O)cc1. The van der Waals surface area contributed by atoms with Crippen LogP contribution in [0.1, 0.15) is 25.0 Å². The van der Waals surface area contributed by atoms with Crippen molar-refractivity contribution in [3.63, 3.8) is 0 Å². The first-order valence-electron chi connectivity index (χ1n) is 7.45. The number of phenols is 1. The lowest BCUT2D eigenvalue weighted by Gasteiger charge is -2.08. The van der Waals surface area contributed by atoms with E-state index in [9.17, 15) is 15.0 Å². The molecule has 2 aromatic carbocycles. The van der Waals surface area contributed by atoms with Gasteiger partial charge in [0, 0.05) is 0 Å². The predicted octanol–water partition coefficient (Wildman–Crippen LogP) is 4.10. The van der Waals surface area contributed by atoms with Crippen molar-refractivity contribution in [2.45, 2.75) is 20.3 Å². The fourth-order valence-corrected chi connectivity index (χ4v) is 2.17. The van der Waals surface area contributed by atoms with E-state index < -0.39 is 5.97 Å². The number of para-hydroxylation sites is 2. The van der Waals surface area contributed by atoms with Crippen molar-refractivity contribution >= 4 is 12.0 Å². The Kier molecular flexibility index (Phi) is 5.41. The number of hydrogen-bond donors (Lipinski definition) is 2. The highest BCUT2D eigenvalue weighted by Gasteiger charge is 2.12. The third-order valence-electron chi connectivity index (χ3n) is 3.22. The Balaban J connectivity index is 2.22. The van der Waals surface area contributed by atoms with Gasteiger partial charge in [0.05, 0.1) is 0 Å². The van der Waals surface area contributed by atoms with Gasteiger partial charge in [0.1, 0.15) is 0 Å². The smallest absolute Gasteiger partial charge is 0.371 e. The Bertz CT molecular complexity index is 700. The molecular weight excluding hydrogens is 292 g/mol. The first kappa shape index (κ1) is 16.6. The molecule has 2 rings (SSSR count). The van der Waals surface area contributed by atoms with Gasteiger partial charge in [-0.1, -0.05) is 50.2 Å². The summed E-state index contributed by atoms with van der Waals surface area (Å²) in [6.45, 7) is 4.30. The van der Waals surface area contributed by atoms with Crippen molar-refractivity contribution < 1.29 is 19.7 Å². The molecule has 0 saturated carbocycles. The molecule has 120 valence electrons. The molecule has 4 nitrogen and oxygen atoms in total. The van der Waals surface area contributed by atoms with Gasteiger partial charge < -0.3 is 14.9 Å². The summed E-state index contributed by atoms with van der Waals surface area (Å²) in [4.78, 5) is 11.4. The van der Waals surface area contributed by atoms with E-state index in [1.165, 1.54) is 23.8 Å². The molecule has 0 aliphatic carbocycles. The van der Waals surface area contributed by atoms with Crippen LogP contribution in [0.3, 0.4) is 0 Å². The monoisotopic (exact) mass is 312 g/mol.